The van der Waals surface area contributed by atoms with Crippen molar-refractivity contribution >= 4 is 17.0 Å². The Balaban J connectivity index is 0.00000169. The molecule has 0 saturated carbocycles. The molecule has 0 spiro atoms. The molecule has 0 radical (unpaired) electrons. The van der Waals surface area contributed by atoms with Gasteiger partial charge >= 0.3 is 0 Å². The Labute approximate surface area is 97.0 Å². The van der Waals surface area contributed by atoms with E-state index in [9.17, 15) is 0 Å². The van der Waals surface area contributed by atoms with Crippen molar-refractivity contribution in [3.63, 3.8) is 0 Å². The average molecular weight is 256 g/mol. The molecular weight excluding hydrogens is 238 g/mol. The van der Waals surface area contributed by atoms with Gasteiger partial charge in [-0.2, -0.15) is 0 Å². The first-order valence-electron chi connectivity index (χ1n) is 4.56. The number of hydrogen-bond donors (Lipinski definition) is 1. The van der Waals surface area contributed by atoms with Gasteiger partial charge in [-0.15, -0.1) is 23.6 Å². The molecule has 0 aliphatic carbocycles. The maximum atomic E-state index is 3.78. The third kappa shape index (κ3) is 4.58. The summed E-state index contributed by atoms with van der Waals surface area (Å²) < 4.78 is 0. The minimum atomic E-state index is 0. The predicted molar refractivity (Wildman–Crippen MR) is 67.9 cm³/mol. The molecule has 0 fully saturated rings. The Morgan fingerprint density at radius 3 is 2.36 bits per heavy atom. The van der Waals surface area contributed by atoms with Gasteiger partial charge in [0.2, 0.25) is 0 Å². The highest BCUT2D eigenvalue weighted by Gasteiger charge is 2.10. The Kier molecular flexibility index (Phi) is 5.73. The van der Waals surface area contributed by atoms with Crippen LogP contribution in [-0.4, -0.2) is 5.54 Å². The highest BCUT2D eigenvalue weighted by Crippen LogP contribution is 2.05. The molecule has 0 aliphatic heterocycles. The van der Waals surface area contributed by atoms with E-state index in [1.165, 1.54) is 5.56 Å². The lowest BCUT2D eigenvalue weighted by molar-refractivity contribution is 0.475. The van der Waals surface area contributed by atoms with Crippen LogP contribution in [0.25, 0.3) is 0 Å². The number of hydrogen-bond acceptors (Lipinski definition) is 1. The fraction of sp³-hybridized carbons (Fsp3) is 0.333. The van der Waals surface area contributed by atoms with E-state index < -0.39 is 0 Å². The molecule has 1 nitrogen and oxygen atoms in total. The Morgan fingerprint density at radius 2 is 1.86 bits per heavy atom. The molecule has 0 bridgehead atoms. The van der Waals surface area contributed by atoms with Crippen LogP contribution in [0, 0.1) is 0 Å². The van der Waals surface area contributed by atoms with Crippen LogP contribution in [0.15, 0.2) is 43.0 Å². The number of nitrogens with one attached hydrogen (secondary N) is 1. The lowest BCUT2D eigenvalue weighted by Crippen LogP contribution is -2.36. The second-order valence-electron chi connectivity index (χ2n) is 3.76. The summed E-state index contributed by atoms with van der Waals surface area (Å²) in [7, 11) is 0. The second kappa shape index (κ2) is 5.99. The molecule has 0 aliphatic rings. The zero-order valence-electron chi connectivity index (χ0n) is 8.79. The van der Waals surface area contributed by atoms with Crippen molar-refractivity contribution < 1.29 is 0 Å². The summed E-state index contributed by atoms with van der Waals surface area (Å²) in [5.74, 6) is 0. The fourth-order valence-electron chi connectivity index (χ4n) is 0.998. The molecule has 0 aromatic heterocycles. The number of benzene rings is 1. The van der Waals surface area contributed by atoms with Crippen LogP contribution >= 0.6 is 17.0 Å². The van der Waals surface area contributed by atoms with Crippen molar-refractivity contribution in [1.82, 2.24) is 5.32 Å². The van der Waals surface area contributed by atoms with E-state index in [1.807, 2.05) is 12.1 Å². The van der Waals surface area contributed by atoms with E-state index in [0.29, 0.717) is 0 Å². The highest BCUT2D eigenvalue weighted by atomic mass is 79.9. The topological polar surface area (TPSA) is 12.0 Å². The highest BCUT2D eigenvalue weighted by molar-refractivity contribution is 8.93. The Hall–Kier alpha value is -0.600. The van der Waals surface area contributed by atoms with Crippen LogP contribution < -0.4 is 5.32 Å². The monoisotopic (exact) mass is 255 g/mol. The van der Waals surface area contributed by atoms with Gasteiger partial charge in [0.15, 0.2) is 0 Å². The van der Waals surface area contributed by atoms with E-state index in [2.05, 4.69) is 50.0 Å². The average Bonchev–Trinajstić information content (AvgIpc) is 2.17. The first-order valence-corrected chi connectivity index (χ1v) is 4.56. The van der Waals surface area contributed by atoms with Crippen molar-refractivity contribution in [2.45, 2.75) is 25.9 Å². The molecular formula is C12H18BrN. The van der Waals surface area contributed by atoms with Crippen LogP contribution in [0.2, 0.25) is 0 Å². The maximum Gasteiger partial charge on any atom is 0.0307 e. The molecule has 0 amide bonds. The van der Waals surface area contributed by atoms with Crippen molar-refractivity contribution in [1.29, 1.82) is 0 Å². The predicted octanol–water partition coefficient (Wildman–Crippen LogP) is 3.32. The van der Waals surface area contributed by atoms with Crippen LogP contribution in [0.1, 0.15) is 19.4 Å². The molecule has 2 heteroatoms. The summed E-state index contributed by atoms with van der Waals surface area (Å²) in [4.78, 5) is 0. The zero-order valence-corrected chi connectivity index (χ0v) is 10.5. The van der Waals surface area contributed by atoms with Crippen molar-refractivity contribution in [3.05, 3.63) is 48.6 Å². The lowest BCUT2D eigenvalue weighted by Gasteiger charge is -2.21. The molecule has 1 N–H and O–H groups in total. The van der Waals surface area contributed by atoms with Gasteiger partial charge in [0, 0.05) is 12.1 Å². The third-order valence-corrected chi connectivity index (χ3v) is 2.10. The summed E-state index contributed by atoms with van der Waals surface area (Å²) >= 11 is 0. The van der Waals surface area contributed by atoms with E-state index in [4.69, 9.17) is 0 Å². The molecule has 0 saturated heterocycles. The van der Waals surface area contributed by atoms with E-state index in [0.717, 1.165) is 6.54 Å². The molecule has 1 aromatic rings. The zero-order chi connectivity index (χ0) is 9.73. The number of rotatable bonds is 4. The fourth-order valence-corrected chi connectivity index (χ4v) is 0.998. The minimum absolute atomic E-state index is 0. The largest absolute Gasteiger partial charge is 0.304 e. The summed E-state index contributed by atoms with van der Waals surface area (Å²) in [6.45, 7) is 8.90. The molecule has 78 valence electrons. The van der Waals surface area contributed by atoms with Gasteiger partial charge in [-0.1, -0.05) is 36.4 Å². The molecule has 0 unspecified atom stereocenters. The van der Waals surface area contributed by atoms with E-state index in [-0.39, 0.29) is 22.5 Å². The molecule has 1 aromatic carbocycles. The molecule has 14 heavy (non-hydrogen) atoms. The van der Waals surface area contributed by atoms with Gasteiger partial charge in [0.25, 0.3) is 0 Å². The number of halogens is 1. The summed E-state index contributed by atoms with van der Waals surface area (Å²) in [6, 6.07) is 10.4. The van der Waals surface area contributed by atoms with Gasteiger partial charge in [0.1, 0.15) is 0 Å². The summed E-state index contributed by atoms with van der Waals surface area (Å²) in [5.41, 5.74) is 1.31. The molecule has 1 rings (SSSR count). The molecule has 0 heterocycles. The summed E-state index contributed by atoms with van der Waals surface area (Å²) in [6.07, 6.45) is 1.93. The van der Waals surface area contributed by atoms with Crippen LogP contribution in [0.5, 0.6) is 0 Å². The first-order chi connectivity index (χ1) is 6.14. The Morgan fingerprint density at radius 1 is 1.29 bits per heavy atom. The first kappa shape index (κ1) is 13.4. The quantitative estimate of drug-likeness (QED) is 0.815. The maximum absolute atomic E-state index is 3.78. The van der Waals surface area contributed by atoms with E-state index >= 15 is 0 Å². The van der Waals surface area contributed by atoms with Crippen molar-refractivity contribution in [2.75, 3.05) is 0 Å². The van der Waals surface area contributed by atoms with Crippen molar-refractivity contribution in [2.24, 2.45) is 0 Å². The second-order valence-corrected chi connectivity index (χ2v) is 3.76. The van der Waals surface area contributed by atoms with Gasteiger partial charge < -0.3 is 5.32 Å². The SMILES string of the molecule is Br.C=CC(C)(C)NCc1ccccc1. The van der Waals surface area contributed by atoms with E-state index in [1.54, 1.807) is 0 Å². The standard InChI is InChI=1S/C12H17N.BrH/c1-4-12(2,3)13-10-11-8-6-5-7-9-11;/h4-9,13H,1,10H2,2-3H3;1H. The van der Waals surface area contributed by atoms with Gasteiger partial charge in [-0.05, 0) is 19.4 Å². The van der Waals surface area contributed by atoms with Gasteiger partial charge in [-0.25, -0.2) is 0 Å². The van der Waals surface area contributed by atoms with Crippen molar-refractivity contribution in [3.8, 4) is 0 Å². The minimum Gasteiger partial charge on any atom is -0.304 e. The molecule has 0 atom stereocenters. The Bertz CT molecular complexity index is 267. The van der Waals surface area contributed by atoms with Crippen LogP contribution in [0.3, 0.4) is 0 Å². The normalized spacial score (nSPS) is 10.4. The lowest BCUT2D eigenvalue weighted by atomic mass is 10.1. The van der Waals surface area contributed by atoms with Gasteiger partial charge in [-0.3, -0.25) is 0 Å². The summed E-state index contributed by atoms with van der Waals surface area (Å²) in [5, 5.41) is 3.41. The third-order valence-electron chi connectivity index (χ3n) is 2.10. The smallest absolute Gasteiger partial charge is 0.0307 e. The van der Waals surface area contributed by atoms with Crippen LogP contribution in [-0.2, 0) is 6.54 Å². The van der Waals surface area contributed by atoms with Gasteiger partial charge in [0.05, 0.1) is 0 Å². The van der Waals surface area contributed by atoms with Crippen LogP contribution in [0.4, 0.5) is 0 Å².